The van der Waals surface area contributed by atoms with Crippen molar-refractivity contribution in [3.63, 3.8) is 0 Å². The van der Waals surface area contributed by atoms with Gasteiger partial charge in [0.05, 0.1) is 39.9 Å². The van der Waals surface area contributed by atoms with Gasteiger partial charge in [0.15, 0.2) is 0 Å². The van der Waals surface area contributed by atoms with Crippen molar-refractivity contribution in [2.45, 2.75) is 37.9 Å². The molecule has 3 aliphatic heterocycles. The van der Waals surface area contributed by atoms with E-state index in [1.165, 1.54) is 17.0 Å². The maximum atomic E-state index is 13.0. The van der Waals surface area contributed by atoms with Crippen molar-refractivity contribution in [2.75, 3.05) is 4.90 Å². The number of anilines is 1. The van der Waals surface area contributed by atoms with E-state index in [0.29, 0.717) is 5.69 Å². The van der Waals surface area contributed by atoms with Crippen LogP contribution >= 0.6 is 0 Å². The second-order valence-electron chi connectivity index (χ2n) is 7.15. The Bertz CT molecular complexity index is 846. The molecule has 4 rings (SSSR count). The molecule has 1 aromatic carbocycles. The van der Waals surface area contributed by atoms with Gasteiger partial charge in [-0.2, -0.15) is 10.5 Å². The highest BCUT2D eigenvalue weighted by Gasteiger charge is 2.72. The first kappa shape index (κ1) is 14.9. The minimum Gasteiger partial charge on any atom is -0.367 e. The lowest BCUT2D eigenvalue weighted by molar-refractivity contribution is -0.129. The summed E-state index contributed by atoms with van der Waals surface area (Å²) in [4.78, 5) is 27.1. The Kier molecular flexibility index (Phi) is 2.75. The van der Waals surface area contributed by atoms with Gasteiger partial charge in [-0.15, -0.1) is 0 Å². The van der Waals surface area contributed by atoms with E-state index in [0.717, 1.165) is 12.8 Å². The SMILES string of the molecule is C[C@]12CC[C@](C)(O1)[C@@H]1C(=O)N(c3ccc(C#N)c(C#N)c3)C(=O)[C@@H]12. The average Bonchev–Trinajstić information content (AvgIpc) is 3.11. The number of carbonyl (C=O) groups excluding carboxylic acids is 2. The third-order valence-corrected chi connectivity index (χ3v) is 5.71. The highest BCUT2D eigenvalue weighted by molar-refractivity contribution is 6.23. The van der Waals surface area contributed by atoms with Gasteiger partial charge in [-0.3, -0.25) is 9.59 Å². The standard InChI is InChI=1S/C18H15N3O3/c1-17-5-6-18(2,24-17)14-13(17)15(22)21(16(14)23)12-4-3-10(8-19)11(7-12)9-20/h3-4,7,13-14H,5-6H2,1-2H3/t13-,14+,17-,18+. The molecular formula is C18H15N3O3. The number of hydrogen-bond acceptors (Lipinski definition) is 5. The van der Waals surface area contributed by atoms with E-state index in [1.54, 1.807) is 6.07 Å². The highest BCUT2D eigenvalue weighted by Crippen LogP contribution is 2.60. The van der Waals surface area contributed by atoms with E-state index in [1.807, 2.05) is 26.0 Å². The number of carbonyl (C=O) groups is 2. The molecule has 24 heavy (non-hydrogen) atoms. The number of rotatable bonds is 1. The summed E-state index contributed by atoms with van der Waals surface area (Å²) in [6, 6.07) is 8.32. The Balaban J connectivity index is 1.80. The molecule has 0 radical (unpaired) electrons. The van der Waals surface area contributed by atoms with Crippen LogP contribution in [0.25, 0.3) is 0 Å². The molecule has 0 saturated carbocycles. The van der Waals surface area contributed by atoms with Gasteiger partial charge in [-0.25, -0.2) is 4.90 Å². The van der Waals surface area contributed by atoms with Gasteiger partial charge in [-0.1, -0.05) is 0 Å². The molecule has 2 bridgehead atoms. The molecule has 3 heterocycles. The van der Waals surface area contributed by atoms with Crippen LogP contribution in [0.5, 0.6) is 0 Å². The van der Waals surface area contributed by atoms with E-state index in [2.05, 4.69) is 0 Å². The summed E-state index contributed by atoms with van der Waals surface area (Å²) in [5.41, 5.74) is -0.481. The maximum Gasteiger partial charge on any atom is 0.240 e. The topological polar surface area (TPSA) is 94.2 Å². The van der Waals surface area contributed by atoms with Gasteiger partial charge >= 0.3 is 0 Å². The number of hydrogen-bond donors (Lipinski definition) is 0. The number of benzene rings is 1. The Hall–Kier alpha value is -2.70. The summed E-state index contributed by atoms with van der Waals surface area (Å²) >= 11 is 0. The lowest BCUT2D eigenvalue weighted by Gasteiger charge is -2.27. The van der Waals surface area contributed by atoms with Crippen molar-refractivity contribution in [3.05, 3.63) is 29.3 Å². The van der Waals surface area contributed by atoms with E-state index >= 15 is 0 Å². The predicted octanol–water partition coefficient (Wildman–Crippen LogP) is 1.88. The molecule has 3 aliphatic rings. The Morgan fingerprint density at radius 3 is 2.08 bits per heavy atom. The lowest BCUT2D eigenvalue weighted by atomic mass is 9.69. The summed E-state index contributed by atoms with van der Waals surface area (Å²) in [6.07, 6.45) is 1.52. The number of nitriles is 2. The number of ether oxygens (including phenoxy) is 1. The fourth-order valence-corrected chi connectivity index (χ4v) is 4.58. The zero-order valence-electron chi connectivity index (χ0n) is 13.4. The third kappa shape index (κ3) is 1.61. The molecular weight excluding hydrogens is 306 g/mol. The fourth-order valence-electron chi connectivity index (χ4n) is 4.58. The average molecular weight is 321 g/mol. The maximum absolute atomic E-state index is 13.0. The van der Waals surface area contributed by atoms with E-state index < -0.39 is 23.0 Å². The molecule has 3 saturated heterocycles. The van der Waals surface area contributed by atoms with Crippen LogP contribution in [0.1, 0.15) is 37.8 Å². The van der Waals surface area contributed by atoms with E-state index in [4.69, 9.17) is 10.00 Å². The summed E-state index contributed by atoms with van der Waals surface area (Å²) in [6.45, 7) is 3.80. The minimum atomic E-state index is -0.606. The molecule has 0 aromatic heterocycles. The molecule has 1 aromatic rings. The zero-order valence-corrected chi connectivity index (χ0v) is 13.4. The van der Waals surface area contributed by atoms with E-state index in [9.17, 15) is 14.9 Å². The smallest absolute Gasteiger partial charge is 0.240 e. The van der Waals surface area contributed by atoms with Gasteiger partial charge in [0.2, 0.25) is 11.8 Å². The first-order chi connectivity index (χ1) is 11.3. The van der Waals surface area contributed by atoms with Crippen molar-refractivity contribution in [1.29, 1.82) is 10.5 Å². The summed E-state index contributed by atoms with van der Waals surface area (Å²) < 4.78 is 6.06. The van der Waals surface area contributed by atoms with Gasteiger partial charge in [0.1, 0.15) is 12.1 Å². The van der Waals surface area contributed by atoms with Gasteiger partial charge in [0.25, 0.3) is 0 Å². The monoisotopic (exact) mass is 321 g/mol. The molecule has 2 amide bonds. The van der Waals surface area contributed by atoms with Crippen molar-refractivity contribution < 1.29 is 14.3 Å². The third-order valence-electron chi connectivity index (χ3n) is 5.71. The minimum absolute atomic E-state index is 0.157. The Labute approximate surface area is 139 Å². The molecule has 4 atom stereocenters. The first-order valence-electron chi connectivity index (χ1n) is 7.87. The van der Waals surface area contributed by atoms with Crippen LogP contribution in [-0.4, -0.2) is 23.0 Å². The molecule has 120 valence electrons. The molecule has 6 heteroatoms. The summed E-state index contributed by atoms with van der Waals surface area (Å²) in [5, 5.41) is 18.2. The van der Waals surface area contributed by atoms with E-state index in [-0.39, 0.29) is 22.9 Å². The van der Waals surface area contributed by atoms with Crippen LogP contribution in [0.2, 0.25) is 0 Å². The van der Waals surface area contributed by atoms with Gasteiger partial charge in [-0.05, 0) is 44.9 Å². The second-order valence-corrected chi connectivity index (χ2v) is 7.15. The highest BCUT2D eigenvalue weighted by atomic mass is 16.5. The van der Waals surface area contributed by atoms with Gasteiger partial charge in [0, 0.05) is 0 Å². The predicted molar refractivity (Wildman–Crippen MR) is 82.5 cm³/mol. The zero-order chi connectivity index (χ0) is 17.3. The molecule has 3 fully saturated rings. The summed E-state index contributed by atoms with van der Waals surface area (Å²) in [7, 11) is 0. The largest absolute Gasteiger partial charge is 0.367 e. The van der Waals surface area contributed by atoms with Crippen molar-refractivity contribution >= 4 is 17.5 Å². The van der Waals surface area contributed by atoms with Crippen molar-refractivity contribution in [1.82, 2.24) is 0 Å². The van der Waals surface area contributed by atoms with Crippen LogP contribution in [0.4, 0.5) is 5.69 Å². The molecule has 0 aliphatic carbocycles. The number of amides is 2. The summed E-state index contributed by atoms with van der Waals surface area (Å²) in [5.74, 6) is -1.51. The van der Waals surface area contributed by atoms with Crippen LogP contribution in [0, 0.1) is 34.5 Å². The normalized spacial score (nSPS) is 36.6. The quantitative estimate of drug-likeness (QED) is 0.736. The Morgan fingerprint density at radius 2 is 1.58 bits per heavy atom. The van der Waals surface area contributed by atoms with Crippen LogP contribution < -0.4 is 4.90 Å². The van der Waals surface area contributed by atoms with Crippen molar-refractivity contribution in [3.8, 4) is 12.1 Å². The lowest BCUT2D eigenvalue weighted by Crippen LogP contribution is -2.40. The molecule has 0 unspecified atom stereocenters. The molecule has 0 spiro atoms. The van der Waals surface area contributed by atoms with Gasteiger partial charge < -0.3 is 4.74 Å². The molecule has 6 nitrogen and oxygen atoms in total. The number of fused-ring (bicyclic) bond motifs is 5. The Morgan fingerprint density at radius 1 is 1.04 bits per heavy atom. The van der Waals surface area contributed by atoms with Crippen LogP contribution in [0.3, 0.4) is 0 Å². The number of nitrogens with zero attached hydrogens (tertiary/aromatic N) is 3. The number of imide groups is 1. The van der Waals surface area contributed by atoms with Crippen LogP contribution in [-0.2, 0) is 14.3 Å². The molecule has 0 N–H and O–H groups in total. The fraction of sp³-hybridized carbons (Fsp3) is 0.444. The van der Waals surface area contributed by atoms with Crippen LogP contribution in [0.15, 0.2) is 18.2 Å². The van der Waals surface area contributed by atoms with Crippen molar-refractivity contribution in [2.24, 2.45) is 11.8 Å². The second kappa shape index (κ2) is 4.43. The first-order valence-corrected chi connectivity index (χ1v) is 7.87.